The molecule has 2 aliphatic rings. The molecule has 2 heterocycles. The Morgan fingerprint density at radius 2 is 1.84 bits per heavy atom. The van der Waals surface area contributed by atoms with Crippen LogP contribution in [0.3, 0.4) is 0 Å². The Balaban J connectivity index is 1.38. The van der Waals surface area contributed by atoms with Gasteiger partial charge in [0.1, 0.15) is 17.6 Å². The lowest BCUT2D eigenvalue weighted by Gasteiger charge is -2.25. The maximum Gasteiger partial charge on any atom is 0.259 e. The third-order valence-electron chi connectivity index (χ3n) is 6.04. The lowest BCUT2D eigenvalue weighted by atomic mass is 10.1. The first kappa shape index (κ1) is 27.3. The quantitative estimate of drug-likeness (QED) is 0.402. The number of nitrogens with one attached hydrogen (secondary N) is 2. The largest absolute Gasteiger partial charge is 0.496 e. The van der Waals surface area contributed by atoms with Gasteiger partial charge < -0.3 is 20.1 Å². The Bertz CT molecular complexity index is 1250. The van der Waals surface area contributed by atoms with Gasteiger partial charge in [-0.25, -0.2) is 9.89 Å². The maximum absolute atomic E-state index is 13.4. The van der Waals surface area contributed by atoms with E-state index in [1.54, 1.807) is 14.2 Å². The van der Waals surface area contributed by atoms with Crippen LogP contribution in [0.4, 0.5) is 5.69 Å². The first-order valence-electron chi connectivity index (χ1n) is 12.4. The van der Waals surface area contributed by atoms with E-state index in [1.807, 2.05) is 48.5 Å². The molecule has 2 N–H and O–H groups in total. The highest BCUT2D eigenvalue weighted by atomic mass is 32.2. The second-order valence-electron chi connectivity index (χ2n) is 8.67. The maximum atomic E-state index is 13.4. The van der Waals surface area contributed by atoms with E-state index in [0.29, 0.717) is 42.1 Å². The van der Waals surface area contributed by atoms with Crippen molar-refractivity contribution in [1.29, 1.82) is 0 Å². The second kappa shape index (κ2) is 13.2. The summed E-state index contributed by atoms with van der Waals surface area (Å²) < 4.78 is 10.3. The Hall–Kier alpha value is -3.70. The van der Waals surface area contributed by atoms with E-state index >= 15 is 0 Å². The lowest BCUT2D eigenvalue weighted by molar-refractivity contribution is -0.125. The average molecular weight is 538 g/mol. The first-order chi connectivity index (χ1) is 18.5. The van der Waals surface area contributed by atoms with Crippen molar-refractivity contribution in [3.8, 4) is 5.75 Å². The van der Waals surface area contributed by atoms with E-state index in [1.165, 1.54) is 16.7 Å². The van der Waals surface area contributed by atoms with Crippen LogP contribution in [-0.4, -0.2) is 72.8 Å². The highest BCUT2D eigenvalue weighted by Crippen LogP contribution is 2.34. The van der Waals surface area contributed by atoms with Crippen LogP contribution in [0, 0.1) is 0 Å². The van der Waals surface area contributed by atoms with Gasteiger partial charge in [0.15, 0.2) is 5.17 Å². The van der Waals surface area contributed by atoms with Crippen LogP contribution in [-0.2, 0) is 25.7 Å². The van der Waals surface area contributed by atoms with Gasteiger partial charge in [-0.3, -0.25) is 19.4 Å². The Morgan fingerprint density at radius 1 is 1.05 bits per heavy atom. The van der Waals surface area contributed by atoms with Crippen molar-refractivity contribution in [2.24, 2.45) is 9.98 Å². The lowest BCUT2D eigenvalue weighted by Crippen LogP contribution is -2.42. The van der Waals surface area contributed by atoms with Gasteiger partial charge in [0.05, 0.1) is 18.6 Å². The van der Waals surface area contributed by atoms with Crippen LogP contribution in [0.25, 0.3) is 0 Å². The SMILES string of the molecule is COCCCNC(=O)CSC1=Nc2ccccc2C2=N[C@H](CCC(=O)NCc3ccccc3OC)C(=O)N12. The van der Waals surface area contributed by atoms with Crippen molar-refractivity contribution in [3.63, 3.8) is 0 Å². The monoisotopic (exact) mass is 537 g/mol. The van der Waals surface area contributed by atoms with Gasteiger partial charge >= 0.3 is 0 Å². The van der Waals surface area contributed by atoms with E-state index in [-0.39, 0.29) is 36.3 Å². The molecule has 1 atom stereocenters. The van der Waals surface area contributed by atoms with Crippen LogP contribution in [0.5, 0.6) is 5.75 Å². The smallest absolute Gasteiger partial charge is 0.259 e. The topological polar surface area (TPSA) is 122 Å². The molecule has 0 fully saturated rings. The third kappa shape index (κ3) is 6.59. The highest BCUT2D eigenvalue weighted by molar-refractivity contribution is 8.14. The molecule has 0 radical (unpaired) electrons. The predicted molar refractivity (Wildman–Crippen MR) is 147 cm³/mol. The van der Waals surface area contributed by atoms with Gasteiger partial charge in [0, 0.05) is 44.4 Å². The van der Waals surface area contributed by atoms with E-state index in [4.69, 9.17) is 9.47 Å². The second-order valence-corrected chi connectivity index (χ2v) is 9.61. The molecule has 0 bridgehead atoms. The molecule has 10 nitrogen and oxygen atoms in total. The number of carbonyl (C=O) groups is 3. The molecular formula is C27H31N5O5S. The van der Waals surface area contributed by atoms with Crippen molar-refractivity contribution < 1.29 is 23.9 Å². The number of benzene rings is 2. The molecule has 200 valence electrons. The zero-order valence-corrected chi connectivity index (χ0v) is 22.3. The molecule has 0 aliphatic carbocycles. The number of nitrogens with zero attached hydrogens (tertiary/aromatic N) is 3. The summed E-state index contributed by atoms with van der Waals surface area (Å²) in [5.74, 6) is 0.736. The number of methoxy groups -OCH3 is 2. The summed E-state index contributed by atoms with van der Waals surface area (Å²) in [6, 6.07) is 14.2. The minimum atomic E-state index is -0.707. The van der Waals surface area contributed by atoms with E-state index in [0.717, 1.165) is 17.5 Å². The fourth-order valence-electron chi connectivity index (χ4n) is 4.11. The molecular weight excluding hydrogens is 506 g/mol. The number of carbonyl (C=O) groups excluding carboxylic acids is 3. The normalized spacial score (nSPS) is 15.8. The molecule has 0 saturated carbocycles. The summed E-state index contributed by atoms with van der Waals surface area (Å²) in [6.07, 6.45) is 1.12. The number of amidine groups is 2. The minimum absolute atomic E-state index is 0.112. The van der Waals surface area contributed by atoms with Gasteiger partial charge in [0.25, 0.3) is 5.91 Å². The Morgan fingerprint density at radius 3 is 2.66 bits per heavy atom. The number of para-hydroxylation sites is 2. The van der Waals surface area contributed by atoms with E-state index in [2.05, 4.69) is 20.6 Å². The fourth-order valence-corrected chi connectivity index (χ4v) is 4.94. The molecule has 4 rings (SSSR count). The molecule has 38 heavy (non-hydrogen) atoms. The molecule has 3 amide bonds. The van der Waals surface area contributed by atoms with Crippen LogP contribution in [0.1, 0.15) is 30.4 Å². The molecule has 11 heteroatoms. The number of hydrogen-bond acceptors (Lipinski definition) is 8. The van der Waals surface area contributed by atoms with Crippen LogP contribution < -0.4 is 15.4 Å². The van der Waals surface area contributed by atoms with Crippen molar-refractivity contribution in [3.05, 3.63) is 59.7 Å². The van der Waals surface area contributed by atoms with Crippen molar-refractivity contribution >= 4 is 46.2 Å². The molecule has 0 saturated heterocycles. The molecule has 0 spiro atoms. The number of hydrogen-bond donors (Lipinski definition) is 2. The molecule has 2 aromatic rings. The number of aliphatic imine (C=N–C) groups is 2. The van der Waals surface area contributed by atoms with Gasteiger partial charge in [-0.1, -0.05) is 42.1 Å². The number of ether oxygens (including phenoxy) is 2. The van der Waals surface area contributed by atoms with Gasteiger partial charge in [0.2, 0.25) is 11.8 Å². The van der Waals surface area contributed by atoms with Crippen LogP contribution >= 0.6 is 11.8 Å². The Labute approximate surface area is 225 Å². The average Bonchev–Trinajstić information content (AvgIpc) is 3.28. The van der Waals surface area contributed by atoms with Gasteiger partial charge in [-0.15, -0.1) is 0 Å². The third-order valence-corrected chi connectivity index (χ3v) is 6.98. The zero-order chi connectivity index (χ0) is 26.9. The van der Waals surface area contributed by atoms with E-state index in [9.17, 15) is 14.4 Å². The number of thioether (sulfide) groups is 1. The fraction of sp³-hybridized carbons (Fsp3) is 0.370. The summed E-state index contributed by atoms with van der Waals surface area (Å²) in [4.78, 5) is 49.0. The minimum Gasteiger partial charge on any atom is -0.496 e. The first-order valence-corrected chi connectivity index (χ1v) is 13.4. The summed E-state index contributed by atoms with van der Waals surface area (Å²) in [5, 5.41) is 6.13. The summed E-state index contributed by atoms with van der Waals surface area (Å²) >= 11 is 1.19. The van der Waals surface area contributed by atoms with Crippen molar-refractivity contribution in [2.75, 3.05) is 33.1 Å². The van der Waals surface area contributed by atoms with Crippen molar-refractivity contribution in [2.45, 2.75) is 31.8 Å². The predicted octanol–water partition coefficient (Wildman–Crippen LogP) is 2.64. The van der Waals surface area contributed by atoms with E-state index < -0.39 is 6.04 Å². The molecule has 0 aromatic heterocycles. The standard InChI is InChI=1S/C27H31N5O5S/c1-36-15-7-14-28-24(34)17-38-27-31-20-10-5-4-9-19(20)25-30-21(26(35)32(25)27)12-13-23(33)29-16-18-8-3-6-11-22(18)37-2/h3-6,8-11,21H,7,12-17H2,1-2H3,(H,28,34)(H,29,33)/t21-/m1/s1. The van der Waals surface area contributed by atoms with Crippen molar-refractivity contribution in [1.82, 2.24) is 15.5 Å². The Kier molecular flexibility index (Phi) is 9.50. The zero-order valence-electron chi connectivity index (χ0n) is 21.4. The molecule has 2 aliphatic heterocycles. The van der Waals surface area contributed by atoms with Gasteiger partial charge in [-0.2, -0.15) is 0 Å². The molecule has 0 unspecified atom stereocenters. The van der Waals surface area contributed by atoms with Crippen LogP contribution in [0.2, 0.25) is 0 Å². The number of fused-ring (bicyclic) bond motifs is 3. The number of rotatable bonds is 12. The highest BCUT2D eigenvalue weighted by Gasteiger charge is 2.41. The summed E-state index contributed by atoms with van der Waals surface area (Å²) in [7, 11) is 3.20. The summed E-state index contributed by atoms with van der Waals surface area (Å²) in [6.45, 7) is 1.41. The number of amides is 3. The van der Waals surface area contributed by atoms with Gasteiger partial charge in [-0.05, 0) is 31.0 Å². The van der Waals surface area contributed by atoms with Crippen LogP contribution in [0.15, 0.2) is 58.5 Å². The molecule has 2 aromatic carbocycles. The summed E-state index contributed by atoms with van der Waals surface area (Å²) in [5.41, 5.74) is 2.31.